The highest BCUT2D eigenvalue weighted by Crippen LogP contribution is 2.40. The smallest absolute Gasteiger partial charge is 0.254 e. The lowest BCUT2D eigenvalue weighted by Gasteiger charge is -2.28. The molecule has 4 aliphatic rings. The molecule has 3 aromatic heterocycles. The number of hydrogen-bond donors (Lipinski definition) is 0. The fourth-order valence-corrected chi connectivity index (χ4v) is 7.55. The number of aryl methyl sites for hydroxylation is 2. The molecule has 1 saturated carbocycles. The molecule has 0 radical (unpaired) electrons. The monoisotopic (exact) mass is 618 g/mol. The molecule has 2 amide bonds. The Bertz CT molecular complexity index is 1860. The van der Waals surface area contributed by atoms with E-state index >= 15 is 0 Å². The summed E-state index contributed by atoms with van der Waals surface area (Å²) in [5.74, 6) is 0.898. The van der Waals surface area contributed by atoms with E-state index in [0.29, 0.717) is 38.5 Å². The molecule has 5 heterocycles. The highest BCUT2D eigenvalue weighted by Gasteiger charge is 2.31. The molecular weight excluding hydrogens is 576 g/mol. The fraction of sp³-hybridized carbons (Fsp3) is 0.472. The number of fused-ring (bicyclic) bond motifs is 2. The minimum atomic E-state index is 0.0796. The van der Waals surface area contributed by atoms with Crippen molar-refractivity contribution in [1.82, 2.24) is 39.1 Å². The van der Waals surface area contributed by atoms with Gasteiger partial charge in [0.1, 0.15) is 0 Å². The minimum Gasteiger partial charge on any atom is -0.340 e. The van der Waals surface area contributed by atoms with E-state index in [-0.39, 0.29) is 11.8 Å². The number of aromatic nitrogens is 6. The molecular formula is C36H42N8O2. The van der Waals surface area contributed by atoms with Gasteiger partial charge in [0.2, 0.25) is 5.91 Å². The molecule has 0 unspecified atom stereocenters. The van der Waals surface area contributed by atoms with Gasteiger partial charge in [-0.05, 0) is 87.1 Å². The van der Waals surface area contributed by atoms with E-state index < -0.39 is 0 Å². The summed E-state index contributed by atoms with van der Waals surface area (Å²) < 4.78 is 6.25. The van der Waals surface area contributed by atoms with Crippen LogP contribution in [0.15, 0.2) is 48.9 Å². The molecule has 4 aromatic rings. The Kier molecular flexibility index (Phi) is 7.58. The maximum absolute atomic E-state index is 14.1. The van der Waals surface area contributed by atoms with Crippen molar-refractivity contribution in [3.63, 3.8) is 0 Å². The van der Waals surface area contributed by atoms with Gasteiger partial charge in [-0.25, -0.2) is 0 Å². The van der Waals surface area contributed by atoms with Crippen molar-refractivity contribution < 1.29 is 9.59 Å². The summed E-state index contributed by atoms with van der Waals surface area (Å²) >= 11 is 0. The van der Waals surface area contributed by atoms with E-state index in [0.717, 1.165) is 61.1 Å². The van der Waals surface area contributed by atoms with Gasteiger partial charge in [-0.15, -0.1) is 5.10 Å². The van der Waals surface area contributed by atoms with E-state index in [1.165, 1.54) is 53.6 Å². The average Bonchev–Trinajstić information content (AvgIpc) is 3.44. The van der Waals surface area contributed by atoms with Crippen LogP contribution in [0.2, 0.25) is 0 Å². The van der Waals surface area contributed by atoms with Gasteiger partial charge in [-0.1, -0.05) is 17.4 Å². The Morgan fingerprint density at radius 2 is 1.87 bits per heavy atom. The van der Waals surface area contributed by atoms with Gasteiger partial charge < -0.3 is 14.4 Å². The summed E-state index contributed by atoms with van der Waals surface area (Å²) in [6.45, 7) is 6.93. The molecule has 10 heteroatoms. The average molecular weight is 619 g/mol. The zero-order valence-electron chi connectivity index (χ0n) is 26.7. The summed E-state index contributed by atoms with van der Waals surface area (Å²) in [6.07, 6.45) is 18.3. The van der Waals surface area contributed by atoms with Crippen molar-refractivity contribution in [2.24, 2.45) is 5.92 Å². The van der Waals surface area contributed by atoms with E-state index in [4.69, 9.17) is 0 Å². The first kappa shape index (κ1) is 29.0. The number of nitrogens with zero attached hydrogens (tertiary/aromatic N) is 8. The van der Waals surface area contributed by atoms with Gasteiger partial charge in [-0.2, -0.15) is 5.10 Å². The Labute approximate surface area is 269 Å². The van der Waals surface area contributed by atoms with E-state index in [9.17, 15) is 9.59 Å². The molecule has 2 aliphatic carbocycles. The van der Waals surface area contributed by atoms with Gasteiger partial charge >= 0.3 is 0 Å². The number of hydrogen-bond acceptors (Lipinski definition) is 5. The lowest BCUT2D eigenvalue weighted by Crippen LogP contribution is -2.36. The zero-order chi connectivity index (χ0) is 31.2. The molecule has 2 aliphatic heterocycles. The fourth-order valence-electron chi connectivity index (χ4n) is 7.55. The first-order chi connectivity index (χ1) is 22.6. The van der Waals surface area contributed by atoms with Crippen LogP contribution >= 0.6 is 0 Å². The van der Waals surface area contributed by atoms with Gasteiger partial charge in [0.25, 0.3) is 5.91 Å². The molecule has 0 saturated heterocycles. The Hall–Kier alpha value is -4.47. The molecule has 46 heavy (non-hydrogen) atoms. The zero-order valence-corrected chi connectivity index (χ0v) is 26.7. The SMILES string of the molecule is CCn1ncc2c1CN(C(=O)c1cc(C3=CCCCC3)c3c(c1)cc(C1=CCCN(C(=O)CCn4ccnn4)C1)n3CC1CC1)C2. The lowest BCUT2D eigenvalue weighted by atomic mass is 9.91. The molecule has 1 aromatic carbocycles. The highest BCUT2D eigenvalue weighted by molar-refractivity contribution is 6.03. The summed E-state index contributed by atoms with van der Waals surface area (Å²) in [7, 11) is 0. The van der Waals surface area contributed by atoms with Crippen molar-refractivity contribution >= 4 is 33.9 Å². The normalized spacial score (nSPS) is 18.2. The van der Waals surface area contributed by atoms with E-state index in [2.05, 4.69) is 57.3 Å². The van der Waals surface area contributed by atoms with Crippen LogP contribution in [0.25, 0.3) is 22.0 Å². The third-order valence-electron chi connectivity index (χ3n) is 10.2. The maximum atomic E-state index is 14.1. The van der Waals surface area contributed by atoms with Gasteiger partial charge in [-0.3, -0.25) is 19.0 Å². The molecule has 8 rings (SSSR count). The standard InChI is InChI=1S/C36H42N8O2/c1-2-44-33-24-41(23-30(33)20-38-44)36(46)29-17-28-19-32(27-9-6-14-40(22-27)34(45)12-15-42-16-13-37-39-42)43(21-25-10-11-25)35(28)31(18-29)26-7-4-3-5-8-26/h7,9,13,16-20,25H,2-6,8,10-12,14-15,21-24H2,1H3. The van der Waals surface area contributed by atoms with Gasteiger partial charge in [0.05, 0.1) is 36.7 Å². The third-order valence-corrected chi connectivity index (χ3v) is 10.2. The largest absolute Gasteiger partial charge is 0.340 e. The predicted octanol–water partition coefficient (Wildman–Crippen LogP) is 5.68. The van der Waals surface area contributed by atoms with Crippen LogP contribution in [0, 0.1) is 5.92 Å². The maximum Gasteiger partial charge on any atom is 0.254 e. The van der Waals surface area contributed by atoms with Gasteiger partial charge in [0.15, 0.2) is 0 Å². The Balaban J connectivity index is 1.15. The third kappa shape index (κ3) is 5.48. The highest BCUT2D eigenvalue weighted by atomic mass is 16.2. The van der Waals surface area contributed by atoms with Crippen molar-refractivity contribution in [2.45, 2.75) is 91.0 Å². The van der Waals surface area contributed by atoms with Crippen molar-refractivity contribution in [3.05, 3.63) is 77.0 Å². The first-order valence-corrected chi connectivity index (χ1v) is 17.1. The molecule has 0 N–H and O–H groups in total. The van der Waals surface area contributed by atoms with Crippen LogP contribution in [0.3, 0.4) is 0 Å². The van der Waals surface area contributed by atoms with E-state index in [1.807, 2.05) is 20.7 Å². The van der Waals surface area contributed by atoms with Crippen molar-refractivity contribution in [1.29, 1.82) is 0 Å². The van der Waals surface area contributed by atoms with Gasteiger partial charge in [0, 0.05) is 73.1 Å². The quantitative estimate of drug-likeness (QED) is 0.241. The summed E-state index contributed by atoms with van der Waals surface area (Å²) in [6, 6.07) is 6.60. The molecule has 0 spiro atoms. The minimum absolute atomic E-state index is 0.0796. The summed E-state index contributed by atoms with van der Waals surface area (Å²) in [4.78, 5) is 31.4. The topological polar surface area (TPSA) is 94.1 Å². The van der Waals surface area contributed by atoms with Crippen LogP contribution < -0.4 is 0 Å². The number of amides is 2. The number of carbonyl (C=O) groups excluding carboxylic acids is 2. The van der Waals surface area contributed by atoms with Crippen LogP contribution in [0.1, 0.15) is 91.2 Å². The summed E-state index contributed by atoms with van der Waals surface area (Å²) in [5.41, 5.74) is 9.26. The van der Waals surface area contributed by atoms with Crippen LogP contribution in [-0.4, -0.2) is 64.0 Å². The van der Waals surface area contributed by atoms with Crippen molar-refractivity contribution in [3.8, 4) is 0 Å². The predicted molar refractivity (Wildman–Crippen MR) is 176 cm³/mol. The number of allylic oxidation sites excluding steroid dienone is 2. The van der Waals surface area contributed by atoms with Crippen molar-refractivity contribution in [2.75, 3.05) is 13.1 Å². The second kappa shape index (κ2) is 12.0. The van der Waals surface area contributed by atoms with Crippen LogP contribution in [0.4, 0.5) is 0 Å². The number of benzene rings is 1. The second-order valence-corrected chi connectivity index (χ2v) is 13.4. The molecule has 0 bridgehead atoms. The van der Waals surface area contributed by atoms with Crippen LogP contribution in [0.5, 0.6) is 0 Å². The number of carbonyl (C=O) groups is 2. The van der Waals surface area contributed by atoms with Crippen LogP contribution in [-0.2, 0) is 37.5 Å². The Morgan fingerprint density at radius 1 is 0.978 bits per heavy atom. The molecule has 238 valence electrons. The lowest BCUT2D eigenvalue weighted by molar-refractivity contribution is -0.131. The Morgan fingerprint density at radius 3 is 2.65 bits per heavy atom. The first-order valence-electron chi connectivity index (χ1n) is 17.1. The molecule has 0 atom stereocenters. The molecule has 1 fully saturated rings. The molecule has 10 nitrogen and oxygen atoms in total. The summed E-state index contributed by atoms with van der Waals surface area (Å²) in [5, 5.41) is 13.5. The van der Waals surface area contributed by atoms with E-state index in [1.54, 1.807) is 17.1 Å². The second-order valence-electron chi connectivity index (χ2n) is 13.4. The number of rotatable bonds is 9.